The summed E-state index contributed by atoms with van der Waals surface area (Å²) in [6.07, 6.45) is 0. The van der Waals surface area contributed by atoms with Crippen molar-refractivity contribution in [2.75, 3.05) is 14.1 Å². The predicted octanol–water partition coefficient (Wildman–Crippen LogP) is 3.07. The summed E-state index contributed by atoms with van der Waals surface area (Å²) in [7, 11) is 4.17. The minimum atomic E-state index is 0.392. The van der Waals surface area contributed by atoms with Crippen molar-refractivity contribution in [3.05, 3.63) is 47.7 Å². The molecule has 0 spiro atoms. The fraction of sp³-hybridized carbons (Fsp3) is 0.333. The maximum atomic E-state index is 4.23. The van der Waals surface area contributed by atoms with E-state index in [1.54, 1.807) is 0 Å². The molecule has 0 radical (unpaired) electrons. The van der Waals surface area contributed by atoms with Crippen LogP contribution in [0.5, 0.6) is 0 Å². The van der Waals surface area contributed by atoms with Crippen molar-refractivity contribution in [2.45, 2.75) is 19.9 Å². The zero-order valence-corrected chi connectivity index (χ0v) is 11.4. The van der Waals surface area contributed by atoms with Crippen LogP contribution >= 0.6 is 0 Å². The highest BCUT2D eigenvalue weighted by molar-refractivity contribution is 5.59. The molecule has 3 heteroatoms. The van der Waals surface area contributed by atoms with Crippen LogP contribution in [-0.2, 0) is 0 Å². The Morgan fingerprint density at radius 1 is 1.06 bits per heavy atom. The Morgan fingerprint density at radius 3 is 2.44 bits per heavy atom. The number of nitrogens with zero attached hydrogens (tertiary/aromatic N) is 3. The number of hydrogen-bond acceptors (Lipinski definition) is 3. The number of rotatable bonds is 3. The molecular formula is C15H19N3. The van der Waals surface area contributed by atoms with Crippen LogP contribution in [0.1, 0.15) is 24.2 Å². The lowest BCUT2D eigenvalue weighted by molar-refractivity contribution is 0.321. The van der Waals surface area contributed by atoms with Crippen LogP contribution in [-0.4, -0.2) is 29.2 Å². The van der Waals surface area contributed by atoms with Crippen LogP contribution in [0.3, 0.4) is 0 Å². The Labute approximate surface area is 108 Å². The molecule has 94 valence electrons. The van der Waals surface area contributed by atoms with Crippen molar-refractivity contribution >= 4 is 0 Å². The Hall–Kier alpha value is -1.74. The third-order valence-corrected chi connectivity index (χ3v) is 3.24. The topological polar surface area (TPSA) is 29.0 Å². The van der Waals surface area contributed by atoms with E-state index in [0.717, 1.165) is 17.0 Å². The molecule has 0 aliphatic carbocycles. The third kappa shape index (κ3) is 2.74. The van der Waals surface area contributed by atoms with Gasteiger partial charge in [-0.25, -0.2) is 0 Å². The van der Waals surface area contributed by atoms with Crippen molar-refractivity contribution in [1.82, 2.24) is 15.1 Å². The maximum Gasteiger partial charge on any atom is 0.0929 e. The van der Waals surface area contributed by atoms with E-state index in [-0.39, 0.29) is 0 Å². The summed E-state index contributed by atoms with van der Waals surface area (Å²) >= 11 is 0. The maximum absolute atomic E-state index is 4.23. The molecule has 2 rings (SSSR count). The fourth-order valence-corrected chi connectivity index (χ4v) is 1.81. The van der Waals surface area contributed by atoms with E-state index in [1.807, 2.05) is 19.1 Å². The highest BCUT2D eigenvalue weighted by Gasteiger charge is 2.09. The first kappa shape index (κ1) is 12.7. The quantitative estimate of drug-likeness (QED) is 0.827. The molecular weight excluding hydrogens is 222 g/mol. The molecule has 0 N–H and O–H groups in total. The molecule has 1 heterocycles. The van der Waals surface area contributed by atoms with Gasteiger partial charge in [0.25, 0.3) is 0 Å². The summed E-state index contributed by atoms with van der Waals surface area (Å²) in [6.45, 7) is 4.14. The molecule has 0 saturated carbocycles. The number of hydrogen-bond donors (Lipinski definition) is 0. The smallest absolute Gasteiger partial charge is 0.0929 e. The lowest BCUT2D eigenvalue weighted by Gasteiger charge is -2.20. The highest BCUT2D eigenvalue weighted by Crippen LogP contribution is 2.23. The van der Waals surface area contributed by atoms with Gasteiger partial charge < -0.3 is 4.90 Å². The Balaban J connectivity index is 2.35. The number of aryl methyl sites for hydroxylation is 1. The minimum Gasteiger partial charge on any atom is -0.303 e. The second kappa shape index (κ2) is 5.27. The molecule has 2 aromatic rings. The van der Waals surface area contributed by atoms with Gasteiger partial charge in [-0.15, -0.1) is 0 Å². The first-order valence-corrected chi connectivity index (χ1v) is 6.15. The molecule has 0 amide bonds. The lowest BCUT2D eigenvalue weighted by Crippen LogP contribution is -2.16. The second-order valence-corrected chi connectivity index (χ2v) is 4.83. The monoisotopic (exact) mass is 241 g/mol. The Morgan fingerprint density at radius 2 is 1.83 bits per heavy atom. The molecule has 0 aliphatic rings. The molecule has 0 bridgehead atoms. The van der Waals surface area contributed by atoms with Gasteiger partial charge in [0.05, 0.1) is 11.4 Å². The van der Waals surface area contributed by atoms with Gasteiger partial charge in [0.1, 0.15) is 0 Å². The lowest BCUT2D eigenvalue weighted by atomic mass is 10.0. The second-order valence-electron chi connectivity index (χ2n) is 4.83. The van der Waals surface area contributed by atoms with Gasteiger partial charge in [-0.1, -0.05) is 18.2 Å². The van der Waals surface area contributed by atoms with Gasteiger partial charge in [0.2, 0.25) is 0 Å². The number of benzene rings is 1. The minimum absolute atomic E-state index is 0.392. The molecule has 3 nitrogen and oxygen atoms in total. The standard InChI is InChI=1S/C15H19N3/c1-11-8-9-15(17-16-11)14-7-5-6-13(10-14)12(2)18(3)4/h5-10,12H,1-4H3. The summed E-state index contributed by atoms with van der Waals surface area (Å²) in [6, 6.07) is 12.9. The van der Waals surface area contributed by atoms with Crippen molar-refractivity contribution in [2.24, 2.45) is 0 Å². The van der Waals surface area contributed by atoms with Crippen molar-refractivity contribution < 1.29 is 0 Å². The first-order valence-electron chi connectivity index (χ1n) is 6.15. The van der Waals surface area contributed by atoms with E-state index in [2.05, 4.69) is 60.4 Å². The Bertz CT molecular complexity index is 518. The molecule has 1 atom stereocenters. The van der Waals surface area contributed by atoms with Crippen LogP contribution in [0.25, 0.3) is 11.3 Å². The third-order valence-electron chi connectivity index (χ3n) is 3.24. The van der Waals surface area contributed by atoms with Gasteiger partial charge >= 0.3 is 0 Å². The largest absolute Gasteiger partial charge is 0.303 e. The molecule has 1 aromatic heterocycles. The van der Waals surface area contributed by atoms with Crippen molar-refractivity contribution in [3.8, 4) is 11.3 Å². The van der Waals surface area contributed by atoms with Gasteiger partial charge in [-0.3, -0.25) is 0 Å². The van der Waals surface area contributed by atoms with E-state index in [1.165, 1.54) is 5.56 Å². The van der Waals surface area contributed by atoms with Crippen LogP contribution in [0.2, 0.25) is 0 Å². The molecule has 0 aliphatic heterocycles. The zero-order valence-electron chi connectivity index (χ0n) is 11.4. The van der Waals surface area contributed by atoms with Crippen LogP contribution < -0.4 is 0 Å². The Kier molecular flexibility index (Phi) is 3.72. The van der Waals surface area contributed by atoms with Gasteiger partial charge in [0.15, 0.2) is 0 Å². The van der Waals surface area contributed by atoms with Crippen LogP contribution in [0.4, 0.5) is 0 Å². The predicted molar refractivity (Wildman–Crippen MR) is 74.3 cm³/mol. The average molecular weight is 241 g/mol. The molecule has 18 heavy (non-hydrogen) atoms. The van der Waals surface area contributed by atoms with Crippen molar-refractivity contribution in [1.29, 1.82) is 0 Å². The molecule has 1 unspecified atom stereocenters. The molecule has 0 saturated heterocycles. The summed E-state index contributed by atoms with van der Waals surface area (Å²) in [5.41, 5.74) is 4.28. The van der Waals surface area contributed by atoms with Gasteiger partial charge in [-0.2, -0.15) is 10.2 Å². The van der Waals surface area contributed by atoms with E-state index in [0.29, 0.717) is 6.04 Å². The van der Waals surface area contributed by atoms with E-state index in [4.69, 9.17) is 0 Å². The fourth-order valence-electron chi connectivity index (χ4n) is 1.81. The summed E-state index contributed by atoms with van der Waals surface area (Å²) < 4.78 is 0. The zero-order chi connectivity index (χ0) is 13.1. The summed E-state index contributed by atoms with van der Waals surface area (Å²) in [5, 5.41) is 8.33. The normalized spacial score (nSPS) is 12.7. The average Bonchev–Trinajstić information content (AvgIpc) is 2.38. The highest BCUT2D eigenvalue weighted by atomic mass is 15.1. The van der Waals surface area contributed by atoms with E-state index >= 15 is 0 Å². The van der Waals surface area contributed by atoms with Crippen LogP contribution in [0.15, 0.2) is 36.4 Å². The van der Waals surface area contributed by atoms with Crippen molar-refractivity contribution in [3.63, 3.8) is 0 Å². The summed E-state index contributed by atoms with van der Waals surface area (Å²) in [5.74, 6) is 0. The van der Waals surface area contributed by atoms with E-state index < -0.39 is 0 Å². The summed E-state index contributed by atoms with van der Waals surface area (Å²) in [4.78, 5) is 2.19. The van der Waals surface area contributed by atoms with Gasteiger partial charge in [-0.05, 0) is 51.7 Å². The SMILES string of the molecule is Cc1ccc(-c2cccc(C(C)N(C)C)c2)nn1. The van der Waals surface area contributed by atoms with Crippen LogP contribution in [0, 0.1) is 6.92 Å². The first-order chi connectivity index (χ1) is 8.58. The van der Waals surface area contributed by atoms with Gasteiger partial charge in [0, 0.05) is 11.6 Å². The molecule has 1 aromatic carbocycles. The van der Waals surface area contributed by atoms with E-state index in [9.17, 15) is 0 Å². The number of aromatic nitrogens is 2. The molecule has 0 fully saturated rings.